The summed E-state index contributed by atoms with van der Waals surface area (Å²) < 4.78 is 4.70. The van der Waals surface area contributed by atoms with Gasteiger partial charge < -0.3 is 9.13 Å². The maximum Gasteiger partial charge on any atom is 0.101 e. The van der Waals surface area contributed by atoms with Crippen LogP contribution in [-0.2, 0) is 0 Å². The molecule has 0 fully saturated rings. The molecular weight excluding hydrogens is 558 g/mol. The first-order valence-corrected chi connectivity index (χ1v) is 15.5. The van der Waals surface area contributed by atoms with Crippen molar-refractivity contribution >= 4 is 43.6 Å². The molecule has 9 aromatic rings. The molecule has 214 valence electrons. The Morgan fingerprint density at radius 3 is 1.76 bits per heavy atom. The molecular formula is C43H27N3. The van der Waals surface area contributed by atoms with E-state index < -0.39 is 0 Å². The van der Waals surface area contributed by atoms with E-state index >= 15 is 0 Å². The van der Waals surface area contributed by atoms with Gasteiger partial charge in [-0.05, 0) is 47.5 Å². The van der Waals surface area contributed by atoms with Crippen molar-refractivity contribution in [3.63, 3.8) is 0 Å². The van der Waals surface area contributed by atoms with Crippen LogP contribution in [-0.4, -0.2) is 9.13 Å². The molecule has 0 saturated heterocycles. The maximum absolute atomic E-state index is 10.2. The number of aromatic nitrogens is 2. The van der Waals surface area contributed by atoms with Crippen LogP contribution in [0.15, 0.2) is 164 Å². The van der Waals surface area contributed by atoms with Gasteiger partial charge in [-0.15, -0.1) is 0 Å². The Balaban J connectivity index is 1.48. The number of nitrogens with zero attached hydrogens (tertiary/aromatic N) is 3. The van der Waals surface area contributed by atoms with Crippen LogP contribution >= 0.6 is 0 Å². The Morgan fingerprint density at radius 1 is 0.413 bits per heavy atom. The Labute approximate surface area is 266 Å². The van der Waals surface area contributed by atoms with E-state index in [-0.39, 0.29) is 0 Å². The topological polar surface area (TPSA) is 33.6 Å². The lowest BCUT2D eigenvalue weighted by molar-refractivity contribution is 1.16. The smallest absolute Gasteiger partial charge is 0.101 e. The lowest BCUT2D eigenvalue weighted by Gasteiger charge is -2.15. The summed E-state index contributed by atoms with van der Waals surface area (Å²) in [5, 5.41) is 14.9. The molecule has 0 unspecified atom stereocenters. The number of fused-ring (bicyclic) bond motifs is 6. The molecule has 46 heavy (non-hydrogen) atoms. The molecule has 0 spiro atoms. The van der Waals surface area contributed by atoms with Gasteiger partial charge in [0.25, 0.3) is 0 Å². The first-order chi connectivity index (χ1) is 22.8. The molecule has 0 N–H and O–H groups in total. The molecule has 0 saturated carbocycles. The number of benzene rings is 7. The number of nitriles is 1. The van der Waals surface area contributed by atoms with Crippen LogP contribution in [0, 0.1) is 11.3 Å². The monoisotopic (exact) mass is 585 g/mol. The second kappa shape index (κ2) is 10.4. The first-order valence-electron chi connectivity index (χ1n) is 15.5. The van der Waals surface area contributed by atoms with E-state index in [4.69, 9.17) is 0 Å². The lowest BCUT2D eigenvalue weighted by atomic mass is 9.96. The van der Waals surface area contributed by atoms with E-state index in [0.29, 0.717) is 5.56 Å². The fourth-order valence-corrected chi connectivity index (χ4v) is 7.29. The van der Waals surface area contributed by atoms with E-state index in [9.17, 15) is 5.26 Å². The molecule has 7 aromatic carbocycles. The Morgan fingerprint density at radius 2 is 0.978 bits per heavy atom. The van der Waals surface area contributed by atoms with Gasteiger partial charge in [0.05, 0.1) is 33.3 Å². The van der Waals surface area contributed by atoms with E-state index in [1.54, 1.807) is 0 Å². The summed E-state index contributed by atoms with van der Waals surface area (Å²) in [5.74, 6) is 0. The average molecular weight is 586 g/mol. The summed E-state index contributed by atoms with van der Waals surface area (Å²) in [6.07, 6.45) is 0. The number of hydrogen-bond acceptors (Lipinski definition) is 1. The van der Waals surface area contributed by atoms with Gasteiger partial charge in [-0.25, -0.2) is 0 Å². The van der Waals surface area contributed by atoms with Crippen LogP contribution in [0.1, 0.15) is 5.56 Å². The molecule has 0 bridgehead atoms. The van der Waals surface area contributed by atoms with Crippen LogP contribution in [0.3, 0.4) is 0 Å². The van der Waals surface area contributed by atoms with Crippen molar-refractivity contribution in [1.29, 1.82) is 5.26 Å². The van der Waals surface area contributed by atoms with Crippen molar-refractivity contribution in [2.24, 2.45) is 0 Å². The summed E-state index contributed by atoms with van der Waals surface area (Å²) in [6.45, 7) is 0. The Kier molecular flexibility index (Phi) is 5.88. The molecule has 0 aliphatic carbocycles. The number of rotatable bonds is 4. The molecule has 3 nitrogen and oxygen atoms in total. The normalized spacial score (nSPS) is 11.5. The zero-order valence-corrected chi connectivity index (χ0v) is 24.9. The second-order valence-electron chi connectivity index (χ2n) is 11.6. The molecule has 2 aromatic heterocycles. The van der Waals surface area contributed by atoms with E-state index in [1.165, 1.54) is 21.9 Å². The van der Waals surface area contributed by atoms with E-state index in [1.807, 2.05) is 18.2 Å². The highest BCUT2D eigenvalue weighted by Crippen LogP contribution is 2.45. The fourth-order valence-electron chi connectivity index (χ4n) is 7.29. The summed E-state index contributed by atoms with van der Waals surface area (Å²) in [4.78, 5) is 0. The van der Waals surface area contributed by atoms with Crippen molar-refractivity contribution in [1.82, 2.24) is 9.13 Å². The summed E-state index contributed by atoms with van der Waals surface area (Å²) in [6, 6.07) is 60.1. The van der Waals surface area contributed by atoms with E-state index in [2.05, 4.69) is 161 Å². The zero-order chi connectivity index (χ0) is 30.6. The first kappa shape index (κ1) is 26.1. The minimum atomic E-state index is 0.643. The van der Waals surface area contributed by atoms with E-state index in [0.717, 1.165) is 55.3 Å². The van der Waals surface area contributed by atoms with Crippen molar-refractivity contribution in [3.05, 3.63) is 169 Å². The summed E-state index contributed by atoms with van der Waals surface area (Å²) in [7, 11) is 0. The Bertz CT molecular complexity index is 2630. The Hall–Kier alpha value is -6.37. The SMILES string of the molecule is N#Cc1ccccc1-n1c2ccccc2c2cccc(-c3cccc4c5c(-c6ccccc6)cccc5n(-c5ccccc5)c34)c21. The molecule has 0 amide bonds. The van der Waals surface area contributed by atoms with Gasteiger partial charge in [-0.2, -0.15) is 5.26 Å². The van der Waals surface area contributed by atoms with Crippen LogP contribution in [0.2, 0.25) is 0 Å². The van der Waals surface area contributed by atoms with Gasteiger partial charge in [0.15, 0.2) is 0 Å². The fraction of sp³-hybridized carbons (Fsp3) is 0. The summed E-state index contributed by atoms with van der Waals surface area (Å²) in [5.41, 5.74) is 11.8. The quantitative estimate of drug-likeness (QED) is 0.202. The molecule has 2 heterocycles. The van der Waals surface area contributed by atoms with Gasteiger partial charge in [-0.1, -0.05) is 127 Å². The third-order valence-corrected chi connectivity index (χ3v) is 9.16. The molecule has 0 aliphatic heterocycles. The van der Waals surface area contributed by atoms with Crippen molar-refractivity contribution < 1.29 is 0 Å². The van der Waals surface area contributed by atoms with Crippen LogP contribution in [0.25, 0.3) is 77.2 Å². The van der Waals surface area contributed by atoms with Crippen molar-refractivity contribution in [2.45, 2.75) is 0 Å². The van der Waals surface area contributed by atoms with Crippen LogP contribution < -0.4 is 0 Å². The van der Waals surface area contributed by atoms with Gasteiger partial charge in [0.1, 0.15) is 6.07 Å². The second-order valence-corrected chi connectivity index (χ2v) is 11.6. The minimum Gasteiger partial charge on any atom is -0.309 e. The molecule has 3 heteroatoms. The standard InChI is InChI=1S/C43H27N3/c44-28-30-16-7-9-25-38(30)46-39-26-10-8-19-33(39)34-21-11-22-35(42(34)46)36-23-12-24-37-41-32(29-14-3-1-4-15-29)20-13-27-40(41)45(43(36)37)31-17-5-2-6-18-31/h1-27H. The predicted molar refractivity (Wildman–Crippen MR) is 191 cm³/mol. The van der Waals surface area contributed by atoms with Crippen molar-refractivity contribution in [2.75, 3.05) is 0 Å². The zero-order valence-electron chi connectivity index (χ0n) is 24.9. The third-order valence-electron chi connectivity index (χ3n) is 9.16. The van der Waals surface area contributed by atoms with Crippen LogP contribution in [0.4, 0.5) is 0 Å². The predicted octanol–water partition coefficient (Wildman–Crippen LogP) is 11.1. The molecule has 0 radical (unpaired) electrons. The lowest BCUT2D eigenvalue weighted by Crippen LogP contribution is -1.99. The molecule has 0 aliphatic rings. The average Bonchev–Trinajstić information content (AvgIpc) is 3.66. The molecule has 0 atom stereocenters. The highest BCUT2D eigenvalue weighted by Gasteiger charge is 2.23. The summed E-state index contributed by atoms with van der Waals surface area (Å²) >= 11 is 0. The van der Waals surface area contributed by atoms with Gasteiger partial charge in [0, 0.05) is 38.4 Å². The third kappa shape index (κ3) is 3.78. The highest BCUT2D eigenvalue weighted by atomic mass is 15.0. The van der Waals surface area contributed by atoms with Crippen LogP contribution in [0.5, 0.6) is 0 Å². The number of para-hydroxylation sites is 5. The highest BCUT2D eigenvalue weighted by molar-refractivity contribution is 6.21. The largest absolute Gasteiger partial charge is 0.309 e. The van der Waals surface area contributed by atoms with Gasteiger partial charge in [-0.3, -0.25) is 0 Å². The minimum absolute atomic E-state index is 0.643. The number of hydrogen-bond donors (Lipinski definition) is 0. The maximum atomic E-state index is 10.2. The van der Waals surface area contributed by atoms with Crippen molar-refractivity contribution in [3.8, 4) is 39.7 Å². The van der Waals surface area contributed by atoms with Gasteiger partial charge in [0.2, 0.25) is 0 Å². The molecule has 9 rings (SSSR count). The van der Waals surface area contributed by atoms with Gasteiger partial charge >= 0.3 is 0 Å².